The number of hydrogen-bond acceptors (Lipinski definition) is 7. The summed E-state index contributed by atoms with van der Waals surface area (Å²) in [7, 11) is 1.66. The summed E-state index contributed by atoms with van der Waals surface area (Å²) < 4.78 is 25.4. The first-order valence-corrected chi connectivity index (χ1v) is 13.0. The molecule has 0 unspecified atom stereocenters. The average Bonchev–Trinajstić information content (AvgIpc) is 3.28. The molecule has 1 saturated heterocycles. The molecule has 8 heteroatoms. The molecule has 0 amide bonds. The van der Waals surface area contributed by atoms with Crippen molar-refractivity contribution in [1.29, 1.82) is 0 Å². The maximum absolute atomic E-state index is 11.2. The lowest BCUT2D eigenvalue weighted by Crippen LogP contribution is -2.48. The van der Waals surface area contributed by atoms with E-state index in [1.165, 1.54) is 5.56 Å². The highest BCUT2D eigenvalue weighted by Gasteiger charge is 2.33. The predicted molar refractivity (Wildman–Crippen MR) is 142 cm³/mol. The summed E-state index contributed by atoms with van der Waals surface area (Å²) in [5.74, 6) is 3.27. The van der Waals surface area contributed by atoms with Gasteiger partial charge in [-0.25, -0.2) is 4.98 Å². The van der Waals surface area contributed by atoms with E-state index in [0.717, 1.165) is 48.8 Å². The van der Waals surface area contributed by atoms with Gasteiger partial charge in [-0.3, -0.25) is 4.90 Å². The van der Waals surface area contributed by atoms with Gasteiger partial charge in [0.05, 0.1) is 26.9 Å². The van der Waals surface area contributed by atoms with Crippen molar-refractivity contribution in [2.45, 2.75) is 45.4 Å². The van der Waals surface area contributed by atoms with Crippen LogP contribution in [0.15, 0.2) is 54.9 Å². The SMILES string of the molecule is CCc1nccn1CCCOc1ccc(CN2CCOC[C@@](O)(COc3ccc(C)cc3)C2)cc1OC. The number of aliphatic hydroxyl groups is 1. The molecule has 2 heterocycles. The summed E-state index contributed by atoms with van der Waals surface area (Å²) >= 11 is 0. The molecule has 1 aliphatic heterocycles. The fourth-order valence-corrected chi connectivity index (χ4v) is 4.53. The van der Waals surface area contributed by atoms with Gasteiger partial charge in [0.15, 0.2) is 11.5 Å². The van der Waals surface area contributed by atoms with E-state index >= 15 is 0 Å². The van der Waals surface area contributed by atoms with E-state index in [1.807, 2.05) is 55.7 Å². The molecule has 1 N–H and O–H groups in total. The number of nitrogens with zero attached hydrogens (tertiary/aromatic N) is 3. The summed E-state index contributed by atoms with van der Waals surface area (Å²) in [6.07, 6.45) is 5.66. The number of methoxy groups -OCH3 is 1. The van der Waals surface area contributed by atoms with Gasteiger partial charge in [-0.15, -0.1) is 0 Å². The van der Waals surface area contributed by atoms with E-state index in [-0.39, 0.29) is 13.2 Å². The molecule has 1 atom stereocenters. The summed E-state index contributed by atoms with van der Waals surface area (Å²) in [5.41, 5.74) is 1.15. The van der Waals surface area contributed by atoms with Gasteiger partial charge in [-0.05, 0) is 43.2 Å². The van der Waals surface area contributed by atoms with Crippen molar-refractivity contribution in [2.75, 3.05) is 46.6 Å². The van der Waals surface area contributed by atoms with Gasteiger partial charge >= 0.3 is 0 Å². The number of rotatable bonds is 12. The number of hydrogen-bond donors (Lipinski definition) is 1. The van der Waals surface area contributed by atoms with Crippen LogP contribution in [0.5, 0.6) is 17.2 Å². The summed E-state index contributed by atoms with van der Waals surface area (Å²) in [5, 5.41) is 11.2. The highest BCUT2D eigenvalue weighted by Crippen LogP contribution is 2.29. The van der Waals surface area contributed by atoms with Crippen molar-refractivity contribution in [2.24, 2.45) is 0 Å². The van der Waals surface area contributed by atoms with Crippen LogP contribution in [0, 0.1) is 6.92 Å². The van der Waals surface area contributed by atoms with E-state index in [4.69, 9.17) is 18.9 Å². The Labute approximate surface area is 219 Å². The molecule has 0 radical (unpaired) electrons. The van der Waals surface area contributed by atoms with Crippen LogP contribution in [0.4, 0.5) is 0 Å². The highest BCUT2D eigenvalue weighted by atomic mass is 16.5. The molecule has 0 spiro atoms. The van der Waals surface area contributed by atoms with E-state index in [0.29, 0.717) is 32.1 Å². The standard InChI is InChI=1S/C29H39N3O5/c1-4-28-30-12-14-32(28)13-5-16-36-26-11-8-24(18-27(26)34-3)19-31-15-17-35-21-29(33,20-31)22-37-25-9-6-23(2)7-10-25/h6-12,14,18,33H,4-5,13,15-17,19-22H2,1-3H3/t29-/m1/s1. The number of aromatic nitrogens is 2. The third kappa shape index (κ3) is 7.71. The second kappa shape index (κ2) is 12.9. The highest BCUT2D eigenvalue weighted by molar-refractivity contribution is 5.43. The minimum absolute atomic E-state index is 0.168. The molecular weight excluding hydrogens is 470 g/mol. The third-order valence-electron chi connectivity index (χ3n) is 6.52. The lowest BCUT2D eigenvalue weighted by atomic mass is 10.1. The van der Waals surface area contributed by atoms with Crippen LogP contribution in [-0.2, 0) is 24.2 Å². The average molecular weight is 510 g/mol. The van der Waals surface area contributed by atoms with Gasteiger partial charge in [0.2, 0.25) is 0 Å². The van der Waals surface area contributed by atoms with Gasteiger partial charge in [-0.2, -0.15) is 0 Å². The van der Waals surface area contributed by atoms with Gasteiger partial charge in [0.25, 0.3) is 0 Å². The Morgan fingerprint density at radius 3 is 2.73 bits per heavy atom. The zero-order valence-electron chi connectivity index (χ0n) is 22.2. The first kappa shape index (κ1) is 27.0. The smallest absolute Gasteiger partial charge is 0.161 e. The van der Waals surface area contributed by atoms with Crippen LogP contribution in [0.3, 0.4) is 0 Å². The number of benzene rings is 2. The Kier molecular flexibility index (Phi) is 9.44. The fraction of sp³-hybridized carbons (Fsp3) is 0.483. The molecule has 3 aromatic rings. The summed E-state index contributed by atoms with van der Waals surface area (Å²) in [6, 6.07) is 13.9. The molecule has 0 saturated carbocycles. The molecule has 4 rings (SSSR count). The maximum atomic E-state index is 11.2. The largest absolute Gasteiger partial charge is 0.493 e. The Hall–Kier alpha value is -3.07. The van der Waals surface area contributed by atoms with Crippen LogP contribution in [0.1, 0.15) is 30.3 Å². The number of β-amino-alcohol motifs (C(OH)–C–C–N with tert-alkyl or cyclic N) is 1. The molecule has 2 aromatic carbocycles. The lowest BCUT2D eigenvalue weighted by molar-refractivity contribution is -0.0646. The molecule has 8 nitrogen and oxygen atoms in total. The van der Waals surface area contributed by atoms with Crippen molar-refractivity contribution in [1.82, 2.24) is 14.5 Å². The van der Waals surface area contributed by atoms with Crippen LogP contribution < -0.4 is 14.2 Å². The van der Waals surface area contributed by atoms with Crippen molar-refractivity contribution in [3.05, 3.63) is 71.8 Å². The topological polar surface area (TPSA) is 78.2 Å². The summed E-state index contributed by atoms with van der Waals surface area (Å²) in [6.45, 7) is 8.41. The van der Waals surface area contributed by atoms with Crippen LogP contribution in [0.2, 0.25) is 0 Å². The van der Waals surface area contributed by atoms with Gasteiger partial charge < -0.3 is 28.6 Å². The molecule has 37 heavy (non-hydrogen) atoms. The molecule has 200 valence electrons. The Morgan fingerprint density at radius 1 is 1.11 bits per heavy atom. The van der Waals surface area contributed by atoms with Crippen LogP contribution in [-0.4, -0.2) is 71.8 Å². The Balaban J connectivity index is 1.31. The fourth-order valence-electron chi connectivity index (χ4n) is 4.53. The second-order valence-corrected chi connectivity index (χ2v) is 9.67. The monoisotopic (exact) mass is 509 g/mol. The van der Waals surface area contributed by atoms with E-state index in [2.05, 4.69) is 27.4 Å². The second-order valence-electron chi connectivity index (χ2n) is 9.67. The molecule has 0 bridgehead atoms. The third-order valence-corrected chi connectivity index (χ3v) is 6.52. The van der Waals surface area contributed by atoms with Crippen molar-refractivity contribution in [3.8, 4) is 17.2 Å². The van der Waals surface area contributed by atoms with E-state index in [9.17, 15) is 5.11 Å². The van der Waals surface area contributed by atoms with Crippen molar-refractivity contribution >= 4 is 0 Å². The molecular formula is C29H39N3O5. The number of imidazole rings is 1. The minimum atomic E-state index is -1.10. The van der Waals surface area contributed by atoms with Crippen LogP contribution >= 0.6 is 0 Å². The molecule has 1 fully saturated rings. The first-order valence-electron chi connectivity index (χ1n) is 13.0. The zero-order valence-corrected chi connectivity index (χ0v) is 22.2. The molecule has 0 aliphatic carbocycles. The lowest BCUT2D eigenvalue weighted by Gasteiger charge is -2.30. The predicted octanol–water partition coefficient (Wildman–Crippen LogP) is 3.87. The normalized spacial score (nSPS) is 18.4. The van der Waals surface area contributed by atoms with Gasteiger partial charge in [0.1, 0.15) is 23.8 Å². The van der Waals surface area contributed by atoms with Crippen LogP contribution in [0.25, 0.3) is 0 Å². The van der Waals surface area contributed by atoms with Crippen molar-refractivity contribution in [3.63, 3.8) is 0 Å². The minimum Gasteiger partial charge on any atom is -0.493 e. The van der Waals surface area contributed by atoms with Crippen molar-refractivity contribution < 1.29 is 24.1 Å². The number of aryl methyl sites for hydroxylation is 3. The quantitative estimate of drug-likeness (QED) is 0.371. The molecule has 1 aromatic heterocycles. The van der Waals surface area contributed by atoms with Gasteiger partial charge in [-0.1, -0.05) is 30.7 Å². The Bertz CT molecular complexity index is 1120. The van der Waals surface area contributed by atoms with Gasteiger partial charge in [0, 0.05) is 45.0 Å². The Morgan fingerprint density at radius 2 is 1.95 bits per heavy atom. The zero-order chi connectivity index (χ0) is 26.1. The number of ether oxygens (including phenoxy) is 4. The molecule has 1 aliphatic rings. The summed E-state index contributed by atoms with van der Waals surface area (Å²) in [4.78, 5) is 6.56. The maximum Gasteiger partial charge on any atom is 0.161 e. The van der Waals surface area contributed by atoms with E-state index in [1.54, 1.807) is 7.11 Å². The van der Waals surface area contributed by atoms with E-state index < -0.39 is 5.60 Å². The first-order chi connectivity index (χ1) is 18.0.